The van der Waals surface area contributed by atoms with Crippen LogP contribution in [0.4, 0.5) is 14.9 Å². The molecule has 1 heterocycles. The predicted molar refractivity (Wildman–Crippen MR) is 97.9 cm³/mol. The Morgan fingerprint density at radius 3 is 2.58 bits per heavy atom. The second-order valence-corrected chi connectivity index (χ2v) is 6.16. The van der Waals surface area contributed by atoms with Crippen LogP contribution in [-0.2, 0) is 4.74 Å². The van der Waals surface area contributed by atoms with Crippen LogP contribution in [0.3, 0.4) is 0 Å². The van der Waals surface area contributed by atoms with Crippen LogP contribution in [0.1, 0.15) is 12.8 Å². The van der Waals surface area contributed by atoms with E-state index in [0.29, 0.717) is 32.0 Å². The van der Waals surface area contributed by atoms with E-state index in [9.17, 15) is 9.18 Å². The first-order valence-electron chi connectivity index (χ1n) is 8.81. The molecule has 5 nitrogen and oxygen atoms in total. The molecule has 0 aromatic heterocycles. The quantitative estimate of drug-likeness (QED) is 0.797. The first kappa shape index (κ1) is 18.2. The van der Waals surface area contributed by atoms with Gasteiger partial charge >= 0.3 is 6.03 Å². The van der Waals surface area contributed by atoms with Crippen molar-refractivity contribution >= 4 is 11.7 Å². The standard InChI is InChI=1S/C20H23FN2O3/c21-16-5-4-6-17(15-16)22-20(24)23-11-9-19(10-12-23)26-14-13-25-18-7-2-1-3-8-18/h1-8,15,19H,9-14H2,(H,22,24). The lowest BCUT2D eigenvalue weighted by Crippen LogP contribution is -2.43. The van der Waals surface area contributed by atoms with Crippen molar-refractivity contribution in [2.45, 2.75) is 18.9 Å². The number of rotatable bonds is 6. The molecule has 1 N–H and O–H groups in total. The molecule has 0 atom stereocenters. The van der Waals surface area contributed by atoms with Crippen LogP contribution in [0.25, 0.3) is 0 Å². The van der Waals surface area contributed by atoms with Crippen molar-refractivity contribution in [1.82, 2.24) is 4.90 Å². The third kappa shape index (κ3) is 5.46. The van der Waals surface area contributed by atoms with E-state index < -0.39 is 0 Å². The number of urea groups is 1. The molecule has 0 spiro atoms. The normalized spacial score (nSPS) is 14.9. The summed E-state index contributed by atoms with van der Waals surface area (Å²) in [6.45, 7) is 2.26. The number of amides is 2. The first-order chi connectivity index (χ1) is 12.7. The molecule has 0 aliphatic carbocycles. The van der Waals surface area contributed by atoms with Crippen molar-refractivity contribution in [2.75, 3.05) is 31.6 Å². The van der Waals surface area contributed by atoms with Gasteiger partial charge in [0, 0.05) is 18.8 Å². The lowest BCUT2D eigenvalue weighted by Gasteiger charge is -2.32. The minimum Gasteiger partial charge on any atom is -0.491 e. The van der Waals surface area contributed by atoms with E-state index in [1.807, 2.05) is 30.3 Å². The van der Waals surface area contributed by atoms with Gasteiger partial charge in [-0.25, -0.2) is 9.18 Å². The number of halogens is 1. The van der Waals surface area contributed by atoms with Gasteiger partial charge in [0.2, 0.25) is 0 Å². The lowest BCUT2D eigenvalue weighted by molar-refractivity contribution is 0.00272. The molecule has 138 valence electrons. The number of para-hydroxylation sites is 1. The van der Waals surface area contributed by atoms with Crippen LogP contribution in [-0.4, -0.2) is 43.3 Å². The maximum atomic E-state index is 13.2. The maximum Gasteiger partial charge on any atom is 0.321 e. The summed E-state index contributed by atoms with van der Waals surface area (Å²) in [5.41, 5.74) is 0.464. The smallest absolute Gasteiger partial charge is 0.321 e. The molecule has 0 radical (unpaired) electrons. The number of hydrogen-bond acceptors (Lipinski definition) is 3. The summed E-state index contributed by atoms with van der Waals surface area (Å²) >= 11 is 0. The molecular weight excluding hydrogens is 335 g/mol. The summed E-state index contributed by atoms with van der Waals surface area (Å²) in [6, 6.07) is 15.3. The number of hydrogen-bond donors (Lipinski definition) is 1. The zero-order chi connectivity index (χ0) is 18.2. The van der Waals surface area contributed by atoms with Crippen LogP contribution in [0.2, 0.25) is 0 Å². The van der Waals surface area contributed by atoms with Crippen molar-refractivity contribution in [3.05, 3.63) is 60.4 Å². The fourth-order valence-corrected chi connectivity index (χ4v) is 2.89. The second-order valence-electron chi connectivity index (χ2n) is 6.16. The molecular formula is C20H23FN2O3. The Labute approximate surface area is 152 Å². The lowest BCUT2D eigenvalue weighted by atomic mass is 10.1. The number of nitrogens with zero attached hydrogens (tertiary/aromatic N) is 1. The van der Waals surface area contributed by atoms with Gasteiger partial charge in [-0.3, -0.25) is 0 Å². The SMILES string of the molecule is O=C(Nc1cccc(F)c1)N1CCC(OCCOc2ccccc2)CC1. The van der Waals surface area contributed by atoms with Gasteiger partial charge in [-0.2, -0.15) is 0 Å². The largest absolute Gasteiger partial charge is 0.491 e. The molecule has 1 fully saturated rings. The van der Waals surface area contributed by atoms with Gasteiger partial charge in [0.25, 0.3) is 0 Å². The minimum absolute atomic E-state index is 0.132. The number of anilines is 1. The monoisotopic (exact) mass is 358 g/mol. The number of ether oxygens (including phenoxy) is 2. The van der Waals surface area contributed by atoms with E-state index in [0.717, 1.165) is 18.6 Å². The average Bonchev–Trinajstić information content (AvgIpc) is 2.66. The predicted octanol–water partition coefficient (Wildman–Crippen LogP) is 3.92. The molecule has 1 saturated heterocycles. The Morgan fingerprint density at radius 1 is 1.08 bits per heavy atom. The van der Waals surface area contributed by atoms with Crippen molar-refractivity contribution in [3.63, 3.8) is 0 Å². The molecule has 0 bridgehead atoms. The summed E-state index contributed by atoms with van der Waals surface area (Å²) in [5.74, 6) is 0.465. The highest BCUT2D eigenvalue weighted by Gasteiger charge is 2.23. The Kier molecular flexibility index (Phi) is 6.44. The minimum atomic E-state index is -0.368. The van der Waals surface area contributed by atoms with Gasteiger partial charge in [0.15, 0.2) is 0 Å². The summed E-state index contributed by atoms with van der Waals surface area (Å²) in [4.78, 5) is 14.0. The van der Waals surface area contributed by atoms with Crippen LogP contribution >= 0.6 is 0 Å². The van der Waals surface area contributed by atoms with Gasteiger partial charge in [-0.05, 0) is 43.2 Å². The topological polar surface area (TPSA) is 50.8 Å². The average molecular weight is 358 g/mol. The maximum absolute atomic E-state index is 13.2. The Bertz CT molecular complexity index is 703. The van der Waals surface area contributed by atoms with Gasteiger partial charge in [-0.15, -0.1) is 0 Å². The van der Waals surface area contributed by atoms with Crippen LogP contribution < -0.4 is 10.1 Å². The molecule has 1 aliphatic rings. The molecule has 1 aliphatic heterocycles. The summed E-state index contributed by atoms with van der Waals surface area (Å²) in [6.07, 6.45) is 1.69. The zero-order valence-electron chi connectivity index (χ0n) is 14.6. The molecule has 0 saturated carbocycles. The highest BCUT2D eigenvalue weighted by atomic mass is 19.1. The van der Waals surface area contributed by atoms with Gasteiger partial charge in [-0.1, -0.05) is 24.3 Å². The number of benzene rings is 2. The van der Waals surface area contributed by atoms with Crippen molar-refractivity contribution < 1.29 is 18.7 Å². The van der Waals surface area contributed by atoms with E-state index in [2.05, 4.69) is 5.32 Å². The number of piperidine rings is 1. The van der Waals surface area contributed by atoms with E-state index >= 15 is 0 Å². The van der Waals surface area contributed by atoms with Crippen molar-refractivity contribution in [2.24, 2.45) is 0 Å². The summed E-state index contributed by atoms with van der Waals surface area (Å²) < 4.78 is 24.6. The van der Waals surface area contributed by atoms with E-state index in [-0.39, 0.29) is 18.0 Å². The highest BCUT2D eigenvalue weighted by molar-refractivity contribution is 5.89. The third-order valence-electron chi connectivity index (χ3n) is 4.25. The van der Waals surface area contributed by atoms with E-state index in [1.54, 1.807) is 17.0 Å². The van der Waals surface area contributed by atoms with E-state index in [4.69, 9.17) is 9.47 Å². The van der Waals surface area contributed by atoms with Crippen LogP contribution in [0.5, 0.6) is 5.75 Å². The summed E-state index contributed by atoms with van der Waals surface area (Å²) in [5, 5.41) is 2.72. The van der Waals surface area contributed by atoms with Gasteiger partial charge < -0.3 is 19.7 Å². The van der Waals surface area contributed by atoms with Crippen molar-refractivity contribution in [1.29, 1.82) is 0 Å². The highest BCUT2D eigenvalue weighted by Crippen LogP contribution is 2.16. The molecule has 3 rings (SSSR count). The van der Waals surface area contributed by atoms with Crippen molar-refractivity contribution in [3.8, 4) is 5.75 Å². The number of likely N-dealkylation sites (tertiary alicyclic amines) is 1. The Morgan fingerprint density at radius 2 is 1.85 bits per heavy atom. The number of nitrogens with one attached hydrogen (secondary N) is 1. The summed E-state index contributed by atoms with van der Waals surface area (Å²) in [7, 11) is 0. The molecule has 2 aromatic carbocycles. The zero-order valence-corrected chi connectivity index (χ0v) is 14.6. The second kappa shape index (κ2) is 9.20. The third-order valence-corrected chi connectivity index (χ3v) is 4.25. The van der Waals surface area contributed by atoms with Crippen LogP contribution in [0.15, 0.2) is 54.6 Å². The molecule has 2 amide bonds. The molecule has 0 unspecified atom stereocenters. The van der Waals surface area contributed by atoms with Gasteiger partial charge in [0.1, 0.15) is 18.2 Å². The van der Waals surface area contributed by atoms with Crippen LogP contribution in [0, 0.1) is 5.82 Å². The molecule has 6 heteroatoms. The first-order valence-corrected chi connectivity index (χ1v) is 8.81. The Hall–Kier alpha value is -2.60. The molecule has 26 heavy (non-hydrogen) atoms. The fraction of sp³-hybridized carbons (Fsp3) is 0.350. The van der Waals surface area contributed by atoms with E-state index in [1.165, 1.54) is 12.1 Å². The fourth-order valence-electron chi connectivity index (χ4n) is 2.89. The van der Waals surface area contributed by atoms with Gasteiger partial charge in [0.05, 0.1) is 12.7 Å². The Balaban J connectivity index is 1.34. The number of carbonyl (C=O) groups excluding carboxylic acids is 1. The molecule has 2 aromatic rings. The number of carbonyl (C=O) groups is 1.